The molecule has 0 bridgehead atoms. The van der Waals surface area contributed by atoms with E-state index in [0.717, 1.165) is 19.3 Å². The molecule has 0 unspecified atom stereocenters. The lowest BCUT2D eigenvalue weighted by molar-refractivity contribution is 0.180. The van der Waals surface area contributed by atoms with Gasteiger partial charge in [0, 0.05) is 6.16 Å². The van der Waals surface area contributed by atoms with Crippen molar-refractivity contribution in [1.82, 2.24) is 0 Å². The summed E-state index contributed by atoms with van der Waals surface area (Å²) in [6.45, 7) is 3.01. The molecule has 0 aromatic rings. The van der Waals surface area contributed by atoms with E-state index in [4.69, 9.17) is 9.05 Å². The monoisotopic (exact) mass is 178 g/mol. The van der Waals surface area contributed by atoms with Crippen LogP contribution in [0.5, 0.6) is 0 Å². The van der Waals surface area contributed by atoms with Crippen LogP contribution in [0.15, 0.2) is 0 Å². The van der Waals surface area contributed by atoms with Crippen molar-refractivity contribution in [2.75, 3.05) is 19.4 Å². The summed E-state index contributed by atoms with van der Waals surface area (Å²) in [4.78, 5) is 0. The summed E-state index contributed by atoms with van der Waals surface area (Å²) in [6.07, 6.45) is 3.62. The second kappa shape index (κ2) is 4.24. The van der Waals surface area contributed by atoms with Gasteiger partial charge in [-0.3, -0.25) is 4.57 Å². The van der Waals surface area contributed by atoms with Gasteiger partial charge in [-0.1, -0.05) is 6.92 Å². The Labute approximate surface area is 67.6 Å². The molecule has 1 rings (SSSR count). The smallest absolute Gasteiger partial charge is 0.309 e. The Kier molecular flexibility index (Phi) is 3.57. The minimum atomic E-state index is -2.67. The van der Waals surface area contributed by atoms with Crippen LogP contribution >= 0.6 is 7.60 Å². The zero-order chi connectivity index (χ0) is 8.16. The lowest BCUT2D eigenvalue weighted by Gasteiger charge is -2.19. The van der Waals surface area contributed by atoms with Crippen LogP contribution in [0.1, 0.15) is 26.2 Å². The van der Waals surface area contributed by atoms with Crippen molar-refractivity contribution in [3.63, 3.8) is 0 Å². The number of hydrogen-bond donors (Lipinski definition) is 0. The van der Waals surface area contributed by atoms with Gasteiger partial charge in [-0.25, -0.2) is 0 Å². The molecular weight excluding hydrogens is 163 g/mol. The molecule has 4 heteroatoms. The molecule has 1 saturated heterocycles. The summed E-state index contributed by atoms with van der Waals surface area (Å²) in [5, 5.41) is 0. The molecule has 0 aromatic carbocycles. The van der Waals surface area contributed by atoms with Gasteiger partial charge in [0.25, 0.3) is 0 Å². The van der Waals surface area contributed by atoms with Gasteiger partial charge in [0.15, 0.2) is 0 Å². The van der Waals surface area contributed by atoms with Crippen molar-refractivity contribution in [3.05, 3.63) is 0 Å². The molecule has 1 fully saturated rings. The molecule has 1 aliphatic heterocycles. The van der Waals surface area contributed by atoms with E-state index >= 15 is 0 Å². The number of rotatable bonds is 1. The van der Waals surface area contributed by atoms with Gasteiger partial charge in [-0.15, -0.1) is 0 Å². The predicted molar refractivity (Wildman–Crippen MR) is 43.9 cm³/mol. The van der Waals surface area contributed by atoms with E-state index in [-0.39, 0.29) is 0 Å². The zero-order valence-corrected chi connectivity index (χ0v) is 7.81. The molecule has 0 aromatic heterocycles. The Balaban J connectivity index is 2.44. The van der Waals surface area contributed by atoms with Crippen molar-refractivity contribution in [2.24, 2.45) is 0 Å². The van der Waals surface area contributed by atoms with Crippen molar-refractivity contribution in [1.29, 1.82) is 0 Å². The molecule has 1 aliphatic rings. The van der Waals surface area contributed by atoms with Crippen molar-refractivity contribution >= 4 is 7.60 Å². The fraction of sp³-hybridized carbons (Fsp3) is 1.00. The van der Waals surface area contributed by atoms with Crippen LogP contribution in [0.25, 0.3) is 0 Å². The number of hydrogen-bond acceptors (Lipinski definition) is 3. The Morgan fingerprint density at radius 1 is 1.18 bits per heavy atom. The van der Waals surface area contributed by atoms with E-state index in [0.29, 0.717) is 19.4 Å². The first-order valence-electron chi connectivity index (χ1n) is 4.15. The van der Waals surface area contributed by atoms with E-state index in [1.807, 2.05) is 6.92 Å². The SMILES string of the molecule is CCP1(=O)OCCCCCO1. The van der Waals surface area contributed by atoms with E-state index in [1.165, 1.54) is 0 Å². The Hall–Kier alpha value is 0.150. The van der Waals surface area contributed by atoms with Crippen LogP contribution in [-0.4, -0.2) is 19.4 Å². The van der Waals surface area contributed by atoms with Crippen LogP contribution in [0.4, 0.5) is 0 Å². The maximum atomic E-state index is 11.5. The molecule has 0 amide bonds. The summed E-state index contributed by atoms with van der Waals surface area (Å²) < 4.78 is 21.8. The summed E-state index contributed by atoms with van der Waals surface area (Å²) in [5.74, 6) is 0. The molecule has 0 N–H and O–H groups in total. The highest BCUT2D eigenvalue weighted by molar-refractivity contribution is 7.53. The fourth-order valence-corrected chi connectivity index (χ4v) is 2.26. The highest BCUT2D eigenvalue weighted by Gasteiger charge is 2.22. The second-order valence-electron chi connectivity index (χ2n) is 2.65. The Bertz CT molecular complexity index is 146. The lowest BCUT2D eigenvalue weighted by atomic mass is 10.2. The highest BCUT2D eigenvalue weighted by Crippen LogP contribution is 2.48. The van der Waals surface area contributed by atoms with Crippen LogP contribution in [0.2, 0.25) is 0 Å². The van der Waals surface area contributed by atoms with Gasteiger partial charge in [0.05, 0.1) is 13.2 Å². The third kappa shape index (κ3) is 2.94. The van der Waals surface area contributed by atoms with E-state index in [9.17, 15) is 4.57 Å². The average molecular weight is 178 g/mol. The molecule has 0 spiro atoms. The van der Waals surface area contributed by atoms with Crippen molar-refractivity contribution in [2.45, 2.75) is 26.2 Å². The topological polar surface area (TPSA) is 35.5 Å². The zero-order valence-electron chi connectivity index (χ0n) is 6.91. The van der Waals surface area contributed by atoms with E-state index in [2.05, 4.69) is 0 Å². The molecule has 0 aliphatic carbocycles. The van der Waals surface area contributed by atoms with Gasteiger partial charge in [0.2, 0.25) is 0 Å². The minimum absolute atomic E-state index is 0.493. The first-order valence-corrected chi connectivity index (χ1v) is 5.88. The molecule has 11 heavy (non-hydrogen) atoms. The Morgan fingerprint density at radius 2 is 1.73 bits per heavy atom. The average Bonchev–Trinajstić information content (AvgIpc) is 1.98. The van der Waals surface area contributed by atoms with Gasteiger partial charge in [-0.2, -0.15) is 0 Å². The quantitative estimate of drug-likeness (QED) is 0.578. The molecule has 0 radical (unpaired) electrons. The summed E-state index contributed by atoms with van der Waals surface area (Å²) in [5.41, 5.74) is 0. The molecule has 0 saturated carbocycles. The van der Waals surface area contributed by atoms with Crippen LogP contribution in [0, 0.1) is 0 Å². The largest absolute Gasteiger partial charge is 0.330 e. The molecule has 1 heterocycles. The first-order chi connectivity index (χ1) is 5.27. The second-order valence-corrected chi connectivity index (χ2v) is 5.02. The van der Waals surface area contributed by atoms with Gasteiger partial charge >= 0.3 is 7.60 Å². The third-order valence-electron chi connectivity index (χ3n) is 1.75. The van der Waals surface area contributed by atoms with Crippen molar-refractivity contribution < 1.29 is 13.6 Å². The van der Waals surface area contributed by atoms with Crippen LogP contribution in [-0.2, 0) is 13.6 Å². The summed E-state index contributed by atoms with van der Waals surface area (Å²) >= 11 is 0. The Morgan fingerprint density at radius 3 is 2.18 bits per heavy atom. The third-order valence-corrected chi connectivity index (χ3v) is 3.68. The molecule has 66 valence electrons. The van der Waals surface area contributed by atoms with Crippen LogP contribution < -0.4 is 0 Å². The molecular formula is C7H15O3P. The maximum Gasteiger partial charge on any atom is 0.330 e. The highest BCUT2D eigenvalue weighted by atomic mass is 31.2. The maximum absolute atomic E-state index is 11.5. The predicted octanol–water partition coefficient (Wildman–Crippen LogP) is 2.42. The summed E-state index contributed by atoms with van der Waals surface area (Å²) in [7, 11) is -2.67. The van der Waals surface area contributed by atoms with E-state index in [1.54, 1.807) is 0 Å². The standard InChI is InChI=1S/C7H15O3P/c1-2-11(8)9-6-4-3-5-7-10-11/h2-7H2,1H3. The lowest BCUT2D eigenvalue weighted by Crippen LogP contribution is -2.05. The van der Waals surface area contributed by atoms with Gasteiger partial charge in [-0.05, 0) is 19.3 Å². The first kappa shape index (κ1) is 9.24. The van der Waals surface area contributed by atoms with Gasteiger partial charge in [0.1, 0.15) is 0 Å². The summed E-state index contributed by atoms with van der Waals surface area (Å²) in [6, 6.07) is 0. The van der Waals surface area contributed by atoms with Crippen molar-refractivity contribution in [3.8, 4) is 0 Å². The normalized spacial score (nSPS) is 25.5. The van der Waals surface area contributed by atoms with Crippen LogP contribution in [0.3, 0.4) is 0 Å². The minimum Gasteiger partial charge on any atom is -0.309 e. The fourth-order valence-electron chi connectivity index (χ4n) is 1.01. The van der Waals surface area contributed by atoms with E-state index < -0.39 is 7.60 Å². The molecule has 0 atom stereocenters. The molecule has 3 nitrogen and oxygen atoms in total. The van der Waals surface area contributed by atoms with Gasteiger partial charge < -0.3 is 9.05 Å².